The predicted molar refractivity (Wildman–Crippen MR) is 69.1 cm³/mol. The molecule has 0 spiro atoms. The van der Waals surface area contributed by atoms with Crippen LogP contribution in [0.15, 0.2) is 10.7 Å². The normalized spacial score (nSPS) is 16.2. The van der Waals surface area contributed by atoms with E-state index in [9.17, 15) is 0 Å². The Balaban J connectivity index is 1.96. The van der Waals surface area contributed by atoms with E-state index in [2.05, 4.69) is 36.0 Å². The van der Waals surface area contributed by atoms with E-state index in [1.54, 1.807) is 6.26 Å². The van der Waals surface area contributed by atoms with Crippen LogP contribution in [0.4, 0.5) is 6.01 Å². The van der Waals surface area contributed by atoms with Gasteiger partial charge in [-0.05, 0) is 33.1 Å². The van der Waals surface area contributed by atoms with Crippen molar-refractivity contribution in [1.29, 1.82) is 0 Å². The molecule has 1 saturated carbocycles. The Morgan fingerprint density at radius 1 is 1.53 bits per heavy atom. The molecule has 2 rings (SSSR count). The molecule has 1 aromatic heterocycles. The van der Waals surface area contributed by atoms with E-state index in [0.717, 1.165) is 18.7 Å². The third-order valence-electron chi connectivity index (χ3n) is 3.75. The van der Waals surface area contributed by atoms with Crippen LogP contribution >= 0.6 is 0 Å². The van der Waals surface area contributed by atoms with Crippen molar-refractivity contribution >= 4 is 6.01 Å². The summed E-state index contributed by atoms with van der Waals surface area (Å²) in [4.78, 5) is 6.63. The summed E-state index contributed by atoms with van der Waals surface area (Å²) >= 11 is 0. The molecule has 17 heavy (non-hydrogen) atoms. The van der Waals surface area contributed by atoms with Crippen LogP contribution in [0, 0.1) is 0 Å². The van der Waals surface area contributed by atoms with Gasteiger partial charge in [0.1, 0.15) is 6.26 Å². The molecule has 1 aliphatic rings. The fourth-order valence-corrected chi connectivity index (χ4v) is 1.56. The minimum Gasteiger partial charge on any atom is -0.432 e. The average Bonchev–Trinajstić information content (AvgIpc) is 3.03. The minimum atomic E-state index is 0.0754. The quantitative estimate of drug-likeness (QED) is 0.825. The third kappa shape index (κ3) is 3.00. The van der Waals surface area contributed by atoms with Crippen molar-refractivity contribution < 1.29 is 4.42 Å². The van der Waals surface area contributed by atoms with Gasteiger partial charge in [-0.3, -0.25) is 0 Å². The maximum atomic E-state index is 5.54. The molecule has 96 valence electrons. The summed E-state index contributed by atoms with van der Waals surface area (Å²) in [5, 5.41) is 3.44. The predicted octanol–water partition coefficient (Wildman–Crippen LogP) is 2.55. The van der Waals surface area contributed by atoms with Crippen molar-refractivity contribution in [2.75, 3.05) is 11.9 Å². The zero-order chi connectivity index (χ0) is 12.5. The Morgan fingerprint density at radius 3 is 2.82 bits per heavy atom. The summed E-state index contributed by atoms with van der Waals surface area (Å²) in [6.07, 6.45) is 5.41. The van der Waals surface area contributed by atoms with Crippen LogP contribution in [0.25, 0.3) is 0 Å². The van der Waals surface area contributed by atoms with Crippen LogP contribution in [-0.4, -0.2) is 23.6 Å². The highest BCUT2D eigenvalue weighted by Gasteiger charge is 2.25. The molecule has 1 aromatic rings. The van der Waals surface area contributed by atoms with E-state index in [0.29, 0.717) is 12.1 Å². The minimum absolute atomic E-state index is 0.0754. The number of nitrogens with one attached hydrogen (secondary N) is 1. The first-order chi connectivity index (χ1) is 8.03. The Kier molecular flexibility index (Phi) is 3.43. The van der Waals surface area contributed by atoms with Gasteiger partial charge in [0.25, 0.3) is 6.01 Å². The molecule has 4 heteroatoms. The molecule has 0 aromatic carbocycles. The Bertz CT molecular complexity index is 368. The van der Waals surface area contributed by atoms with Gasteiger partial charge in [0.15, 0.2) is 0 Å². The van der Waals surface area contributed by atoms with Crippen molar-refractivity contribution in [2.45, 2.75) is 58.2 Å². The van der Waals surface area contributed by atoms with Gasteiger partial charge < -0.3 is 14.6 Å². The lowest BCUT2D eigenvalue weighted by Gasteiger charge is -2.33. The molecule has 0 aliphatic heterocycles. The van der Waals surface area contributed by atoms with Crippen LogP contribution < -0.4 is 10.2 Å². The number of rotatable bonds is 6. The molecule has 4 nitrogen and oxygen atoms in total. The number of anilines is 1. The van der Waals surface area contributed by atoms with Crippen molar-refractivity contribution in [3.8, 4) is 0 Å². The summed E-state index contributed by atoms with van der Waals surface area (Å²) in [5.41, 5.74) is 1.07. The molecular weight excluding hydrogens is 214 g/mol. The number of oxazole rings is 1. The summed E-state index contributed by atoms with van der Waals surface area (Å²) in [6, 6.07) is 1.42. The van der Waals surface area contributed by atoms with Gasteiger partial charge in [0.05, 0.1) is 5.69 Å². The summed E-state index contributed by atoms with van der Waals surface area (Å²) in [7, 11) is 2.04. The van der Waals surface area contributed by atoms with Crippen LogP contribution in [0.1, 0.15) is 45.7 Å². The van der Waals surface area contributed by atoms with Gasteiger partial charge in [0, 0.05) is 25.2 Å². The van der Waals surface area contributed by atoms with E-state index >= 15 is 0 Å². The van der Waals surface area contributed by atoms with Gasteiger partial charge in [-0.25, -0.2) is 0 Å². The standard InChI is InChI=1S/C13H23N3O/c1-5-13(2,3)16(4)12-15-11(9-17-12)8-14-10-6-7-10/h9-10,14H,5-8H2,1-4H3. The molecule has 1 N–H and O–H groups in total. The molecule has 1 aliphatic carbocycles. The van der Waals surface area contributed by atoms with Gasteiger partial charge >= 0.3 is 0 Å². The van der Waals surface area contributed by atoms with Crippen LogP contribution in [-0.2, 0) is 6.54 Å². The fourth-order valence-electron chi connectivity index (χ4n) is 1.56. The largest absolute Gasteiger partial charge is 0.432 e. The Morgan fingerprint density at radius 2 is 2.24 bits per heavy atom. The van der Waals surface area contributed by atoms with Crippen LogP contribution in [0.5, 0.6) is 0 Å². The second-order valence-electron chi connectivity index (χ2n) is 5.50. The molecule has 0 unspecified atom stereocenters. The van der Waals surface area contributed by atoms with E-state index in [-0.39, 0.29) is 5.54 Å². The first kappa shape index (κ1) is 12.4. The molecule has 1 heterocycles. The third-order valence-corrected chi connectivity index (χ3v) is 3.75. The zero-order valence-electron chi connectivity index (χ0n) is 11.3. The number of hydrogen-bond acceptors (Lipinski definition) is 4. The Labute approximate surface area is 103 Å². The monoisotopic (exact) mass is 237 g/mol. The summed E-state index contributed by atoms with van der Waals surface area (Å²) in [5.74, 6) is 0. The molecular formula is C13H23N3O. The lowest BCUT2D eigenvalue weighted by atomic mass is 10.0. The molecule has 1 fully saturated rings. The second-order valence-corrected chi connectivity index (χ2v) is 5.50. The van der Waals surface area contributed by atoms with Crippen molar-refractivity contribution in [1.82, 2.24) is 10.3 Å². The smallest absolute Gasteiger partial charge is 0.297 e. The highest BCUT2D eigenvalue weighted by molar-refractivity contribution is 5.30. The number of aromatic nitrogens is 1. The molecule has 0 bridgehead atoms. The van der Waals surface area contributed by atoms with E-state index in [1.807, 2.05) is 7.05 Å². The SMILES string of the molecule is CCC(C)(C)N(C)c1nc(CNC2CC2)co1. The lowest BCUT2D eigenvalue weighted by Crippen LogP contribution is -2.40. The van der Waals surface area contributed by atoms with Crippen LogP contribution in [0.3, 0.4) is 0 Å². The van der Waals surface area contributed by atoms with Crippen molar-refractivity contribution in [3.05, 3.63) is 12.0 Å². The van der Waals surface area contributed by atoms with Gasteiger partial charge in [-0.2, -0.15) is 4.98 Å². The van der Waals surface area contributed by atoms with Crippen LogP contribution in [0.2, 0.25) is 0 Å². The van der Waals surface area contributed by atoms with E-state index in [4.69, 9.17) is 4.42 Å². The zero-order valence-corrected chi connectivity index (χ0v) is 11.3. The second kappa shape index (κ2) is 4.69. The molecule has 0 radical (unpaired) electrons. The molecule has 0 saturated heterocycles. The van der Waals surface area contributed by atoms with E-state index in [1.165, 1.54) is 12.8 Å². The van der Waals surface area contributed by atoms with E-state index < -0.39 is 0 Å². The highest BCUT2D eigenvalue weighted by Crippen LogP contribution is 2.24. The molecule has 0 atom stereocenters. The first-order valence-corrected chi connectivity index (χ1v) is 6.44. The topological polar surface area (TPSA) is 41.3 Å². The van der Waals surface area contributed by atoms with Crippen molar-refractivity contribution in [3.63, 3.8) is 0 Å². The van der Waals surface area contributed by atoms with Gasteiger partial charge in [0.2, 0.25) is 0 Å². The Hall–Kier alpha value is -1.03. The fraction of sp³-hybridized carbons (Fsp3) is 0.769. The maximum Gasteiger partial charge on any atom is 0.297 e. The maximum absolute atomic E-state index is 5.54. The lowest BCUT2D eigenvalue weighted by molar-refractivity contribution is 0.424. The van der Waals surface area contributed by atoms with Gasteiger partial charge in [-0.15, -0.1) is 0 Å². The van der Waals surface area contributed by atoms with Crippen molar-refractivity contribution in [2.24, 2.45) is 0 Å². The first-order valence-electron chi connectivity index (χ1n) is 6.44. The van der Waals surface area contributed by atoms with Gasteiger partial charge in [-0.1, -0.05) is 6.92 Å². The number of hydrogen-bond donors (Lipinski definition) is 1. The average molecular weight is 237 g/mol. The highest BCUT2D eigenvalue weighted by atomic mass is 16.4. The molecule has 0 amide bonds. The summed E-state index contributed by atoms with van der Waals surface area (Å²) in [6.45, 7) is 7.38. The summed E-state index contributed by atoms with van der Waals surface area (Å²) < 4.78 is 5.54. The number of nitrogens with zero attached hydrogens (tertiary/aromatic N) is 2.